The maximum Gasteiger partial charge on any atom is 0.338 e. The van der Waals surface area contributed by atoms with Gasteiger partial charge in [0.2, 0.25) is 5.78 Å². The lowest BCUT2D eigenvalue weighted by Gasteiger charge is -2.06. The van der Waals surface area contributed by atoms with Gasteiger partial charge in [0, 0.05) is 5.56 Å². The molecular weight excluding hydrogens is 312 g/mol. The molecular formula is C19H13ClO3. The number of benzene rings is 3. The Morgan fingerprint density at radius 1 is 0.870 bits per heavy atom. The largest absolute Gasteiger partial charge is 0.454 e. The summed E-state index contributed by atoms with van der Waals surface area (Å²) in [5.41, 5.74) is 0.760. The monoisotopic (exact) mass is 324 g/mol. The van der Waals surface area contributed by atoms with Gasteiger partial charge in [-0.2, -0.15) is 0 Å². The van der Waals surface area contributed by atoms with Gasteiger partial charge in [-0.25, -0.2) is 4.79 Å². The molecule has 0 saturated carbocycles. The average molecular weight is 325 g/mol. The minimum atomic E-state index is -0.531. The number of Topliss-reactive ketones (excluding diaryl/α,β-unsaturated/α-hetero) is 1. The maximum absolute atomic E-state index is 12.1. The van der Waals surface area contributed by atoms with Gasteiger partial charge in [0.25, 0.3) is 0 Å². The number of esters is 1. The van der Waals surface area contributed by atoms with Crippen molar-refractivity contribution in [2.24, 2.45) is 0 Å². The summed E-state index contributed by atoms with van der Waals surface area (Å²) < 4.78 is 5.10. The zero-order valence-electron chi connectivity index (χ0n) is 12.2. The van der Waals surface area contributed by atoms with Gasteiger partial charge < -0.3 is 4.74 Å². The number of ketones is 1. The van der Waals surface area contributed by atoms with Crippen molar-refractivity contribution < 1.29 is 14.3 Å². The Balaban J connectivity index is 1.71. The SMILES string of the molecule is O=C(OCC(=O)c1ccccc1Cl)c1ccc2ccccc2c1. The second kappa shape index (κ2) is 6.63. The van der Waals surface area contributed by atoms with E-state index < -0.39 is 5.97 Å². The van der Waals surface area contributed by atoms with E-state index in [1.165, 1.54) is 0 Å². The lowest BCUT2D eigenvalue weighted by Crippen LogP contribution is -2.14. The van der Waals surface area contributed by atoms with Crippen molar-refractivity contribution in [1.29, 1.82) is 0 Å². The summed E-state index contributed by atoms with van der Waals surface area (Å²) in [6, 6.07) is 19.7. The lowest BCUT2D eigenvalue weighted by atomic mass is 10.1. The lowest BCUT2D eigenvalue weighted by molar-refractivity contribution is 0.0475. The van der Waals surface area contributed by atoms with Gasteiger partial charge in [0.15, 0.2) is 6.61 Å². The number of halogens is 1. The van der Waals surface area contributed by atoms with Crippen LogP contribution >= 0.6 is 11.6 Å². The predicted molar refractivity (Wildman–Crippen MR) is 90.0 cm³/mol. The molecule has 3 aromatic carbocycles. The van der Waals surface area contributed by atoms with Gasteiger partial charge in [-0.05, 0) is 35.0 Å². The Morgan fingerprint density at radius 3 is 2.35 bits per heavy atom. The second-order valence-electron chi connectivity index (χ2n) is 5.04. The summed E-state index contributed by atoms with van der Waals surface area (Å²) in [6.45, 7) is -0.338. The number of rotatable bonds is 4. The Kier molecular flexibility index (Phi) is 4.40. The number of fused-ring (bicyclic) bond motifs is 1. The standard InChI is InChI=1S/C19H13ClO3/c20-17-8-4-3-7-16(17)18(21)12-23-19(22)15-10-9-13-5-1-2-6-14(13)11-15/h1-11H,12H2. The van der Waals surface area contributed by atoms with E-state index in [4.69, 9.17) is 16.3 Å². The highest BCUT2D eigenvalue weighted by Crippen LogP contribution is 2.18. The zero-order valence-corrected chi connectivity index (χ0v) is 12.9. The molecule has 0 radical (unpaired) electrons. The number of carbonyl (C=O) groups is 2. The van der Waals surface area contributed by atoms with E-state index >= 15 is 0 Å². The molecule has 0 atom stereocenters. The smallest absolute Gasteiger partial charge is 0.338 e. The molecule has 4 heteroatoms. The fourth-order valence-corrected chi connectivity index (χ4v) is 2.54. The number of hydrogen-bond donors (Lipinski definition) is 0. The van der Waals surface area contributed by atoms with Crippen LogP contribution in [0, 0.1) is 0 Å². The van der Waals surface area contributed by atoms with Crippen LogP contribution in [0.4, 0.5) is 0 Å². The molecule has 0 aliphatic rings. The Labute approximate surface area is 138 Å². The molecule has 0 aromatic heterocycles. The normalized spacial score (nSPS) is 10.5. The second-order valence-corrected chi connectivity index (χ2v) is 5.45. The van der Waals surface area contributed by atoms with E-state index in [0.717, 1.165) is 10.8 Å². The summed E-state index contributed by atoms with van der Waals surface area (Å²) in [5, 5.41) is 2.33. The Hall–Kier alpha value is -2.65. The molecule has 0 fully saturated rings. The van der Waals surface area contributed by atoms with Crippen molar-refractivity contribution >= 4 is 34.1 Å². The molecule has 0 spiro atoms. The first-order valence-corrected chi connectivity index (χ1v) is 7.46. The Bertz CT molecular complexity index is 886. The van der Waals surface area contributed by atoms with Gasteiger partial charge in [-0.1, -0.05) is 54.1 Å². The van der Waals surface area contributed by atoms with Gasteiger partial charge in [-0.3, -0.25) is 4.79 Å². The maximum atomic E-state index is 12.1. The predicted octanol–water partition coefficient (Wildman–Crippen LogP) is 4.53. The molecule has 0 aliphatic carbocycles. The molecule has 23 heavy (non-hydrogen) atoms. The minimum absolute atomic E-state index is 0.329. The van der Waals surface area contributed by atoms with Crippen molar-refractivity contribution in [1.82, 2.24) is 0 Å². The molecule has 0 N–H and O–H groups in total. The van der Waals surface area contributed by atoms with Crippen LogP contribution in [0.1, 0.15) is 20.7 Å². The van der Waals surface area contributed by atoms with Crippen molar-refractivity contribution in [3.05, 3.63) is 82.9 Å². The summed E-state index contributed by atoms with van der Waals surface area (Å²) >= 11 is 5.96. The zero-order chi connectivity index (χ0) is 16.2. The van der Waals surface area contributed by atoms with E-state index in [1.807, 2.05) is 30.3 Å². The third kappa shape index (κ3) is 3.41. The molecule has 3 aromatic rings. The quantitative estimate of drug-likeness (QED) is 0.523. The topological polar surface area (TPSA) is 43.4 Å². The third-order valence-electron chi connectivity index (χ3n) is 3.49. The average Bonchev–Trinajstić information content (AvgIpc) is 2.59. The third-order valence-corrected chi connectivity index (χ3v) is 3.82. The van der Waals surface area contributed by atoms with E-state index in [1.54, 1.807) is 36.4 Å². The van der Waals surface area contributed by atoms with Gasteiger partial charge in [0.05, 0.1) is 10.6 Å². The molecule has 3 nitrogen and oxygen atoms in total. The van der Waals surface area contributed by atoms with Crippen LogP contribution in [0.15, 0.2) is 66.7 Å². The van der Waals surface area contributed by atoms with Crippen molar-refractivity contribution in [3.8, 4) is 0 Å². The first-order chi connectivity index (χ1) is 11.1. The van der Waals surface area contributed by atoms with E-state index in [0.29, 0.717) is 16.1 Å². The molecule has 0 amide bonds. The van der Waals surface area contributed by atoms with Crippen LogP contribution in [-0.4, -0.2) is 18.4 Å². The number of ether oxygens (including phenoxy) is 1. The molecule has 0 bridgehead atoms. The van der Waals surface area contributed by atoms with Crippen LogP contribution in [0.2, 0.25) is 5.02 Å². The summed E-state index contributed by atoms with van der Waals surface area (Å²) in [4.78, 5) is 24.2. The highest BCUT2D eigenvalue weighted by atomic mass is 35.5. The van der Waals surface area contributed by atoms with E-state index in [2.05, 4.69) is 0 Å². The van der Waals surface area contributed by atoms with Crippen molar-refractivity contribution in [3.63, 3.8) is 0 Å². The first kappa shape index (κ1) is 15.3. The van der Waals surface area contributed by atoms with Crippen LogP contribution in [0.5, 0.6) is 0 Å². The van der Waals surface area contributed by atoms with Gasteiger partial charge in [0.1, 0.15) is 0 Å². The molecule has 0 aliphatic heterocycles. The molecule has 0 heterocycles. The van der Waals surface area contributed by atoms with Crippen LogP contribution in [0.25, 0.3) is 10.8 Å². The molecule has 3 rings (SSSR count). The Morgan fingerprint density at radius 2 is 1.57 bits per heavy atom. The van der Waals surface area contributed by atoms with E-state index in [9.17, 15) is 9.59 Å². The summed E-state index contributed by atoms with van der Waals surface area (Å²) in [5.74, 6) is -0.860. The highest BCUT2D eigenvalue weighted by Gasteiger charge is 2.14. The van der Waals surface area contributed by atoms with Gasteiger partial charge >= 0.3 is 5.97 Å². The molecule has 0 saturated heterocycles. The van der Waals surface area contributed by atoms with Crippen LogP contribution in [0.3, 0.4) is 0 Å². The molecule has 0 unspecified atom stereocenters. The minimum Gasteiger partial charge on any atom is -0.454 e. The van der Waals surface area contributed by atoms with Crippen LogP contribution < -0.4 is 0 Å². The summed E-state index contributed by atoms with van der Waals surface area (Å²) in [6.07, 6.45) is 0. The van der Waals surface area contributed by atoms with Crippen LogP contribution in [-0.2, 0) is 4.74 Å². The summed E-state index contributed by atoms with van der Waals surface area (Å²) in [7, 11) is 0. The van der Waals surface area contributed by atoms with Crippen molar-refractivity contribution in [2.75, 3.05) is 6.61 Å². The fraction of sp³-hybridized carbons (Fsp3) is 0.0526. The number of carbonyl (C=O) groups excluding carboxylic acids is 2. The first-order valence-electron chi connectivity index (χ1n) is 7.09. The van der Waals surface area contributed by atoms with E-state index in [-0.39, 0.29) is 12.4 Å². The molecule has 114 valence electrons. The van der Waals surface area contributed by atoms with Crippen molar-refractivity contribution in [2.45, 2.75) is 0 Å². The number of hydrogen-bond acceptors (Lipinski definition) is 3. The highest BCUT2D eigenvalue weighted by molar-refractivity contribution is 6.34. The fourth-order valence-electron chi connectivity index (χ4n) is 2.30. The van der Waals surface area contributed by atoms with Gasteiger partial charge in [-0.15, -0.1) is 0 Å².